The summed E-state index contributed by atoms with van der Waals surface area (Å²) in [6, 6.07) is 3.65. The molecule has 0 atom stereocenters. The highest BCUT2D eigenvalue weighted by molar-refractivity contribution is 8.01. The van der Waals surface area contributed by atoms with Crippen molar-refractivity contribution >= 4 is 34.1 Å². The Labute approximate surface area is 119 Å². The van der Waals surface area contributed by atoms with Gasteiger partial charge in [-0.1, -0.05) is 11.3 Å². The van der Waals surface area contributed by atoms with Crippen LogP contribution < -0.4 is 10.6 Å². The highest BCUT2D eigenvalue weighted by Gasteiger charge is 2.13. The van der Waals surface area contributed by atoms with Crippen molar-refractivity contribution in [1.82, 2.24) is 15.2 Å². The molecule has 8 heteroatoms. The van der Waals surface area contributed by atoms with Crippen molar-refractivity contribution < 1.29 is 0 Å². The van der Waals surface area contributed by atoms with Crippen molar-refractivity contribution in [1.29, 1.82) is 5.41 Å². The number of aromatic nitrogens is 3. The van der Waals surface area contributed by atoms with Gasteiger partial charge in [-0.05, 0) is 30.8 Å². The molecule has 19 heavy (non-hydrogen) atoms. The molecule has 0 unspecified atom stereocenters. The van der Waals surface area contributed by atoms with E-state index in [-0.39, 0.29) is 5.84 Å². The van der Waals surface area contributed by atoms with Crippen LogP contribution in [0.15, 0.2) is 21.5 Å². The molecule has 100 valence electrons. The molecule has 0 spiro atoms. The van der Waals surface area contributed by atoms with Gasteiger partial charge in [0.05, 0.1) is 0 Å². The van der Waals surface area contributed by atoms with Gasteiger partial charge >= 0.3 is 0 Å². The molecular weight excluding hydrogens is 280 g/mol. The first-order valence-electron chi connectivity index (χ1n) is 5.48. The second-order valence-corrected chi connectivity index (χ2v) is 6.26. The second kappa shape index (κ2) is 5.54. The molecule has 0 aliphatic rings. The zero-order valence-corrected chi connectivity index (χ0v) is 12.5. The number of rotatable bonds is 4. The Morgan fingerprint density at radius 1 is 1.37 bits per heavy atom. The Kier molecular flexibility index (Phi) is 4.01. The maximum Gasteiger partial charge on any atom is 0.208 e. The zero-order chi connectivity index (χ0) is 14.0. The number of pyridine rings is 1. The summed E-state index contributed by atoms with van der Waals surface area (Å²) in [5.41, 5.74) is 7.06. The number of amidine groups is 1. The minimum Gasteiger partial charge on any atom is -0.384 e. The van der Waals surface area contributed by atoms with Gasteiger partial charge in [0.2, 0.25) is 5.13 Å². The van der Waals surface area contributed by atoms with Crippen LogP contribution >= 0.6 is 23.1 Å². The maximum atomic E-state index is 7.57. The SMILES string of the molecule is Cc1ccc(C(=N)N)c(Sc2nnc(N(C)C)s2)n1. The number of nitrogen functional groups attached to an aromatic ring is 1. The van der Waals surface area contributed by atoms with Crippen molar-refractivity contribution in [3.05, 3.63) is 23.4 Å². The third kappa shape index (κ3) is 3.21. The molecular formula is C11H14N6S2. The van der Waals surface area contributed by atoms with E-state index in [4.69, 9.17) is 11.1 Å². The van der Waals surface area contributed by atoms with E-state index in [0.29, 0.717) is 10.6 Å². The highest BCUT2D eigenvalue weighted by Crippen LogP contribution is 2.33. The molecule has 0 aliphatic heterocycles. The molecule has 0 amide bonds. The van der Waals surface area contributed by atoms with E-state index < -0.39 is 0 Å². The minimum atomic E-state index is 0.00680. The summed E-state index contributed by atoms with van der Waals surface area (Å²) in [5, 5.41) is 17.3. The molecule has 0 saturated carbocycles. The molecule has 0 saturated heterocycles. The molecule has 2 aromatic rings. The molecule has 2 rings (SSSR count). The van der Waals surface area contributed by atoms with Crippen molar-refractivity contribution in [3.63, 3.8) is 0 Å². The minimum absolute atomic E-state index is 0.00680. The van der Waals surface area contributed by atoms with E-state index in [1.54, 1.807) is 6.07 Å². The Bertz CT molecular complexity index is 607. The first-order chi connectivity index (χ1) is 8.97. The van der Waals surface area contributed by atoms with Gasteiger partial charge in [0.1, 0.15) is 10.9 Å². The van der Waals surface area contributed by atoms with Crippen LogP contribution in [0.4, 0.5) is 5.13 Å². The molecule has 0 bridgehead atoms. The van der Waals surface area contributed by atoms with Gasteiger partial charge < -0.3 is 10.6 Å². The largest absolute Gasteiger partial charge is 0.384 e. The summed E-state index contributed by atoms with van der Waals surface area (Å²) >= 11 is 2.86. The molecule has 0 aliphatic carbocycles. The summed E-state index contributed by atoms with van der Waals surface area (Å²) in [4.78, 5) is 6.31. The topological polar surface area (TPSA) is 91.8 Å². The average Bonchev–Trinajstić information content (AvgIpc) is 2.77. The van der Waals surface area contributed by atoms with Crippen LogP contribution in [0.25, 0.3) is 0 Å². The van der Waals surface area contributed by atoms with Crippen LogP contribution in [0.5, 0.6) is 0 Å². The summed E-state index contributed by atoms with van der Waals surface area (Å²) in [5.74, 6) is 0.00680. The van der Waals surface area contributed by atoms with E-state index in [1.807, 2.05) is 32.0 Å². The van der Waals surface area contributed by atoms with E-state index >= 15 is 0 Å². The Balaban J connectivity index is 2.31. The molecule has 3 N–H and O–H groups in total. The first kappa shape index (κ1) is 13.8. The van der Waals surface area contributed by atoms with Crippen LogP contribution in [0.3, 0.4) is 0 Å². The average molecular weight is 294 g/mol. The third-order valence-corrected chi connectivity index (χ3v) is 4.40. The van der Waals surface area contributed by atoms with E-state index in [9.17, 15) is 0 Å². The van der Waals surface area contributed by atoms with Gasteiger partial charge in [-0.3, -0.25) is 5.41 Å². The smallest absolute Gasteiger partial charge is 0.208 e. The Morgan fingerprint density at radius 2 is 2.11 bits per heavy atom. The van der Waals surface area contributed by atoms with E-state index in [0.717, 1.165) is 15.2 Å². The number of nitrogens with zero attached hydrogens (tertiary/aromatic N) is 4. The molecule has 0 fully saturated rings. The molecule has 6 nitrogen and oxygen atoms in total. The number of hydrogen-bond donors (Lipinski definition) is 2. The lowest BCUT2D eigenvalue weighted by Crippen LogP contribution is -2.13. The van der Waals surface area contributed by atoms with Crippen LogP contribution in [-0.4, -0.2) is 35.1 Å². The van der Waals surface area contributed by atoms with E-state index in [1.165, 1.54) is 23.1 Å². The van der Waals surface area contributed by atoms with Crippen LogP contribution in [0, 0.1) is 12.3 Å². The highest BCUT2D eigenvalue weighted by atomic mass is 32.2. The first-order valence-corrected chi connectivity index (χ1v) is 7.11. The number of anilines is 1. The molecule has 0 radical (unpaired) electrons. The number of hydrogen-bond acceptors (Lipinski definition) is 7. The van der Waals surface area contributed by atoms with Gasteiger partial charge in [-0.2, -0.15) is 0 Å². The van der Waals surface area contributed by atoms with Gasteiger partial charge in [0.15, 0.2) is 4.34 Å². The predicted octanol–water partition coefficient (Wildman–Crippen LogP) is 1.74. The monoisotopic (exact) mass is 294 g/mol. The number of nitrogens with one attached hydrogen (secondary N) is 1. The summed E-state index contributed by atoms with van der Waals surface area (Å²) in [7, 11) is 3.84. The van der Waals surface area contributed by atoms with Crippen molar-refractivity contribution in [2.24, 2.45) is 5.73 Å². The Hall–Kier alpha value is -1.67. The van der Waals surface area contributed by atoms with Gasteiger partial charge in [-0.25, -0.2) is 4.98 Å². The van der Waals surface area contributed by atoms with Crippen LogP contribution in [0.2, 0.25) is 0 Å². The summed E-state index contributed by atoms with van der Waals surface area (Å²) in [6.07, 6.45) is 0. The molecule has 0 aromatic carbocycles. The lowest BCUT2D eigenvalue weighted by atomic mass is 10.2. The zero-order valence-electron chi connectivity index (χ0n) is 10.8. The quantitative estimate of drug-likeness (QED) is 0.659. The normalized spacial score (nSPS) is 10.5. The number of aryl methyl sites for hydroxylation is 1. The predicted molar refractivity (Wildman–Crippen MR) is 78.3 cm³/mol. The molecule has 2 aromatic heterocycles. The molecule has 2 heterocycles. The summed E-state index contributed by atoms with van der Waals surface area (Å²) < 4.78 is 0.782. The second-order valence-electron chi connectivity index (χ2n) is 4.07. The van der Waals surface area contributed by atoms with Gasteiger partial charge in [-0.15, -0.1) is 10.2 Å². The van der Waals surface area contributed by atoms with Crippen molar-refractivity contribution in [2.45, 2.75) is 16.3 Å². The van der Waals surface area contributed by atoms with Gasteiger partial charge in [0, 0.05) is 25.4 Å². The Morgan fingerprint density at radius 3 is 2.68 bits per heavy atom. The lowest BCUT2D eigenvalue weighted by molar-refractivity contribution is 0.968. The lowest BCUT2D eigenvalue weighted by Gasteiger charge is -2.06. The van der Waals surface area contributed by atoms with Crippen molar-refractivity contribution in [2.75, 3.05) is 19.0 Å². The van der Waals surface area contributed by atoms with Gasteiger partial charge in [0.25, 0.3) is 0 Å². The fraction of sp³-hybridized carbons (Fsp3) is 0.273. The number of nitrogens with two attached hydrogens (primary N) is 1. The fourth-order valence-electron chi connectivity index (χ4n) is 1.32. The maximum absolute atomic E-state index is 7.57. The van der Waals surface area contributed by atoms with Crippen LogP contribution in [0.1, 0.15) is 11.3 Å². The fourth-order valence-corrected chi connectivity index (χ4v) is 3.18. The standard InChI is InChI=1S/C11H14N6S2/c1-6-4-5-7(8(12)13)9(14-6)18-11-16-15-10(19-11)17(2)3/h4-5H,1-3H3,(H3,12,13). The van der Waals surface area contributed by atoms with E-state index in [2.05, 4.69) is 15.2 Å². The summed E-state index contributed by atoms with van der Waals surface area (Å²) in [6.45, 7) is 1.90. The van der Waals surface area contributed by atoms with Crippen LogP contribution in [-0.2, 0) is 0 Å². The van der Waals surface area contributed by atoms with Crippen molar-refractivity contribution in [3.8, 4) is 0 Å². The third-order valence-electron chi connectivity index (χ3n) is 2.25.